The van der Waals surface area contributed by atoms with E-state index in [1.54, 1.807) is 24.2 Å². The lowest BCUT2D eigenvalue weighted by Crippen LogP contribution is -2.24. The number of carbonyl (C=O) groups excluding carboxylic acids is 2. The maximum Gasteiger partial charge on any atom is 0.246 e. The van der Waals surface area contributed by atoms with Crippen molar-refractivity contribution < 1.29 is 16.9 Å². The molecule has 7 heteroatoms. The summed E-state index contributed by atoms with van der Waals surface area (Å²) in [6.07, 6.45) is 5.27. The Balaban J connectivity index is 0.00000171. The first-order chi connectivity index (χ1) is 14.0. The molecule has 2 aromatic heterocycles. The average Bonchev–Trinajstić information content (AvgIpc) is 2.90. The van der Waals surface area contributed by atoms with Crippen LogP contribution >= 0.6 is 0 Å². The Bertz CT molecular complexity index is 1130. The summed E-state index contributed by atoms with van der Waals surface area (Å²) in [5.41, 5.74) is 3.36. The molecule has 0 saturated carbocycles. The van der Waals surface area contributed by atoms with Crippen molar-refractivity contribution in [1.82, 2.24) is 9.88 Å². The van der Waals surface area contributed by atoms with Gasteiger partial charge in [-0.25, -0.2) is 4.98 Å². The van der Waals surface area contributed by atoms with Gasteiger partial charge in [0.1, 0.15) is 11.3 Å². The van der Waals surface area contributed by atoms with Gasteiger partial charge in [0.25, 0.3) is 0 Å². The van der Waals surface area contributed by atoms with Crippen molar-refractivity contribution in [3.63, 3.8) is 0 Å². The summed E-state index contributed by atoms with van der Waals surface area (Å²) < 4.78 is 5.78. The second-order valence-electron chi connectivity index (χ2n) is 7.05. The maximum atomic E-state index is 12.6. The van der Waals surface area contributed by atoms with Crippen LogP contribution in [0.3, 0.4) is 0 Å². The van der Waals surface area contributed by atoms with Crippen LogP contribution in [0.1, 0.15) is 26.2 Å². The highest BCUT2D eigenvalue weighted by Crippen LogP contribution is 2.26. The van der Waals surface area contributed by atoms with E-state index in [4.69, 9.17) is 4.42 Å². The standard InChI is InChI=1S/C22H22N4O3.2H2/c1-14-17(16-5-3-4-6-19(16)29-14)13-26(2)21(28)8-7-15-11-18-22(24-12-15)25-20(27)9-10-23-18;;/h3-8,11-12,23H,9-10,13H2,1-2H3,(H,24,25,27);2*1H/b8-7+;;. The van der Waals surface area contributed by atoms with Gasteiger partial charge in [0.05, 0.1) is 5.69 Å². The van der Waals surface area contributed by atoms with Crippen molar-refractivity contribution in [2.45, 2.75) is 19.9 Å². The van der Waals surface area contributed by atoms with Gasteiger partial charge in [0.15, 0.2) is 5.82 Å². The Labute approximate surface area is 171 Å². The lowest BCUT2D eigenvalue weighted by molar-refractivity contribution is -0.125. The van der Waals surface area contributed by atoms with E-state index in [9.17, 15) is 9.59 Å². The Hall–Kier alpha value is -3.61. The summed E-state index contributed by atoms with van der Waals surface area (Å²) in [5.74, 6) is 1.14. The Kier molecular flexibility index (Phi) is 5.03. The van der Waals surface area contributed by atoms with Crippen LogP contribution in [-0.2, 0) is 16.1 Å². The molecule has 0 atom stereocenters. The molecule has 0 radical (unpaired) electrons. The summed E-state index contributed by atoms with van der Waals surface area (Å²) in [7, 11) is 1.76. The number of carbonyl (C=O) groups is 2. The van der Waals surface area contributed by atoms with E-state index in [-0.39, 0.29) is 14.7 Å². The number of hydrogen-bond acceptors (Lipinski definition) is 5. The number of pyridine rings is 1. The predicted molar refractivity (Wildman–Crippen MR) is 117 cm³/mol. The molecule has 7 nitrogen and oxygen atoms in total. The first-order valence-corrected chi connectivity index (χ1v) is 9.45. The third kappa shape index (κ3) is 3.99. The molecule has 2 N–H and O–H groups in total. The Morgan fingerprint density at radius 3 is 3.07 bits per heavy atom. The SMILES string of the molecule is Cc1oc2ccccc2c1CN(C)C(=O)/C=C/c1cnc2c(c1)NCCC(=O)N2.[HH].[HH]. The molecule has 152 valence electrons. The Morgan fingerprint density at radius 1 is 1.38 bits per heavy atom. The number of aromatic nitrogens is 1. The molecule has 1 aromatic carbocycles. The third-order valence-electron chi connectivity index (χ3n) is 4.92. The molecule has 0 fully saturated rings. The van der Waals surface area contributed by atoms with Crippen LogP contribution in [0.15, 0.2) is 47.0 Å². The molecule has 0 saturated heterocycles. The monoisotopic (exact) mass is 394 g/mol. The van der Waals surface area contributed by atoms with Gasteiger partial charge in [0.2, 0.25) is 11.8 Å². The molecule has 3 aromatic rings. The summed E-state index contributed by atoms with van der Waals surface area (Å²) in [6.45, 7) is 2.92. The molecular weight excluding hydrogens is 368 g/mol. The van der Waals surface area contributed by atoms with E-state index in [2.05, 4.69) is 15.6 Å². The molecular formula is C22H26N4O3. The first-order valence-electron chi connectivity index (χ1n) is 9.45. The largest absolute Gasteiger partial charge is 0.461 e. The van der Waals surface area contributed by atoms with Gasteiger partial charge in [-0.15, -0.1) is 0 Å². The zero-order chi connectivity index (χ0) is 20.4. The minimum Gasteiger partial charge on any atom is -0.461 e. The van der Waals surface area contributed by atoms with Crippen molar-refractivity contribution in [2.24, 2.45) is 0 Å². The van der Waals surface area contributed by atoms with Crippen LogP contribution < -0.4 is 10.6 Å². The van der Waals surface area contributed by atoms with Crippen molar-refractivity contribution in [1.29, 1.82) is 0 Å². The molecule has 0 spiro atoms. The van der Waals surface area contributed by atoms with Gasteiger partial charge in [-0.2, -0.15) is 0 Å². The molecule has 0 bridgehead atoms. The molecule has 4 rings (SSSR count). The number of fused-ring (bicyclic) bond motifs is 2. The minimum absolute atomic E-state index is 0. The number of nitrogens with one attached hydrogen (secondary N) is 2. The smallest absolute Gasteiger partial charge is 0.246 e. The van der Waals surface area contributed by atoms with E-state index in [1.165, 1.54) is 6.08 Å². The van der Waals surface area contributed by atoms with Gasteiger partial charge in [-0.05, 0) is 30.7 Å². The molecule has 0 unspecified atom stereocenters. The summed E-state index contributed by atoms with van der Waals surface area (Å²) in [5, 5.41) is 6.96. The quantitative estimate of drug-likeness (QED) is 0.652. The summed E-state index contributed by atoms with van der Waals surface area (Å²) in [4.78, 5) is 30.1. The number of aryl methyl sites for hydroxylation is 1. The normalized spacial score (nSPS) is 13.7. The van der Waals surface area contributed by atoms with Crippen LogP contribution in [-0.4, -0.2) is 35.3 Å². The van der Waals surface area contributed by atoms with E-state index >= 15 is 0 Å². The zero-order valence-electron chi connectivity index (χ0n) is 16.4. The van der Waals surface area contributed by atoms with Crippen LogP contribution in [0.2, 0.25) is 0 Å². The number of rotatable bonds is 4. The van der Waals surface area contributed by atoms with Crippen molar-refractivity contribution in [2.75, 3.05) is 24.2 Å². The molecule has 29 heavy (non-hydrogen) atoms. The van der Waals surface area contributed by atoms with E-state index in [0.29, 0.717) is 25.3 Å². The predicted octanol–water partition coefficient (Wildman–Crippen LogP) is 4.05. The second-order valence-corrected chi connectivity index (χ2v) is 7.05. The third-order valence-corrected chi connectivity index (χ3v) is 4.92. The number of para-hydroxylation sites is 1. The van der Waals surface area contributed by atoms with Gasteiger partial charge in [-0.1, -0.05) is 18.2 Å². The lowest BCUT2D eigenvalue weighted by Gasteiger charge is -2.15. The van der Waals surface area contributed by atoms with Crippen LogP contribution in [0.5, 0.6) is 0 Å². The number of benzene rings is 1. The molecule has 1 aliphatic rings. The minimum atomic E-state index is -0.120. The molecule has 1 aliphatic heterocycles. The lowest BCUT2D eigenvalue weighted by atomic mass is 10.1. The number of anilines is 2. The van der Waals surface area contributed by atoms with E-state index in [1.807, 2.05) is 37.3 Å². The number of furan rings is 1. The molecule has 2 amide bonds. The second kappa shape index (κ2) is 7.79. The summed E-state index contributed by atoms with van der Waals surface area (Å²) in [6, 6.07) is 9.69. The fourth-order valence-electron chi connectivity index (χ4n) is 3.34. The van der Waals surface area contributed by atoms with Crippen molar-refractivity contribution >= 4 is 40.4 Å². The zero-order valence-corrected chi connectivity index (χ0v) is 16.4. The van der Waals surface area contributed by atoms with Gasteiger partial charge in [0, 0.05) is 52.6 Å². The fraction of sp³-hybridized carbons (Fsp3) is 0.227. The van der Waals surface area contributed by atoms with E-state index in [0.717, 1.165) is 33.5 Å². The van der Waals surface area contributed by atoms with Crippen LogP contribution in [0.4, 0.5) is 11.5 Å². The number of amides is 2. The van der Waals surface area contributed by atoms with Crippen LogP contribution in [0, 0.1) is 6.92 Å². The topological polar surface area (TPSA) is 87.5 Å². The fourth-order valence-corrected chi connectivity index (χ4v) is 3.34. The highest BCUT2D eigenvalue weighted by molar-refractivity contribution is 5.95. The number of hydrogen-bond donors (Lipinski definition) is 2. The number of nitrogens with zero attached hydrogens (tertiary/aromatic N) is 2. The van der Waals surface area contributed by atoms with Crippen molar-refractivity contribution in [3.8, 4) is 0 Å². The van der Waals surface area contributed by atoms with Crippen LogP contribution in [0.25, 0.3) is 17.0 Å². The highest BCUT2D eigenvalue weighted by atomic mass is 16.3. The van der Waals surface area contributed by atoms with Crippen molar-refractivity contribution in [3.05, 3.63) is 59.5 Å². The van der Waals surface area contributed by atoms with Gasteiger partial charge < -0.3 is 20.0 Å². The first kappa shape index (κ1) is 18.7. The summed E-state index contributed by atoms with van der Waals surface area (Å²) >= 11 is 0. The number of likely N-dealkylation sites (N-methyl/N-ethyl adjacent to an activating group) is 1. The average molecular weight is 394 g/mol. The highest BCUT2D eigenvalue weighted by Gasteiger charge is 2.15. The van der Waals surface area contributed by atoms with Gasteiger partial charge in [-0.3, -0.25) is 9.59 Å². The van der Waals surface area contributed by atoms with E-state index < -0.39 is 0 Å². The Morgan fingerprint density at radius 2 is 2.21 bits per heavy atom. The molecule has 3 heterocycles. The molecule has 0 aliphatic carbocycles. The maximum absolute atomic E-state index is 12.6. The van der Waals surface area contributed by atoms with Gasteiger partial charge >= 0.3 is 0 Å².